The number of amides is 1. The zero-order valence-electron chi connectivity index (χ0n) is 19.0. The molecule has 0 aromatic heterocycles. The Kier molecular flexibility index (Phi) is 10.7. The second-order valence-corrected chi connectivity index (χ2v) is 8.47. The molecule has 0 spiro atoms. The standard InChI is InChI=1S/C25H34Cl2N2O2/c1-5-28(6-2)16-8-9-19(4)29(18-20-10-13-22(14-11-20)31-7-3)25(30)21-12-15-23(26)24(27)17-21/h10-15,17,19H,5-9,16,18H2,1-4H3/t19-/m1/s1. The first kappa shape index (κ1) is 25.5. The average Bonchev–Trinajstić information content (AvgIpc) is 2.77. The molecule has 1 atom stereocenters. The van der Waals surface area contributed by atoms with Gasteiger partial charge in [0, 0.05) is 18.2 Å². The first-order valence-electron chi connectivity index (χ1n) is 11.1. The number of carbonyl (C=O) groups excluding carboxylic acids is 1. The molecule has 170 valence electrons. The van der Waals surface area contributed by atoms with E-state index in [-0.39, 0.29) is 11.9 Å². The monoisotopic (exact) mass is 464 g/mol. The Labute approximate surface area is 197 Å². The van der Waals surface area contributed by atoms with E-state index in [1.54, 1.807) is 18.2 Å². The number of halogens is 2. The normalized spacial score (nSPS) is 12.1. The third-order valence-corrected chi connectivity index (χ3v) is 6.28. The van der Waals surface area contributed by atoms with Crippen LogP contribution in [0.5, 0.6) is 5.75 Å². The van der Waals surface area contributed by atoms with Crippen molar-refractivity contribution in [3.8, 4) is 5.75 Å². The molecular weight excluding hydrogens is 431 g/mol. The van der Waals surface area contributed by atoms with Crippen LogP contribution in [0.1, 0.15) is 56.5 Å². The molecule has 6 heteroatoms. The van der Waals surface area contributed by atoms with Crippen molar-refractivity contribution >= 4 is 29.1 Å². The highest BCUT2D eigenvalue weighted by molar-refractivity contribution is 6.42. The Morgan fingerprint density at radius 2 is 1.68 bits per heavy atom. The van der Waals surface area contributed by atoms with E-state index in [4.69, 9.17) is 27.9 Å². The zero-order valence-corrected chi connectivity index (χ0v) is 20.5. The highest BCUT2D eigenvalue weighted by atomic mass is 35.5. The summed E-state index contributed by atoms with van der Waals surface area (Å²) in [6.07, 6.45) is 1.97. The van der Waals surface area contributed by atoms with Crippen LogP contribution >= 0.6 is 23.2 Å². The fourth-order valence-corrected chi connectivity index (χ4v) is 3.88. The van der Waals surface area contributed by atoms with E-state index < -0.39 is 0 Å². The third-order valence-electron chi connectivity index (χ3n) is 5.54. The van der Waals surface area contributed by atoms with E-state index in [0.29, 0.717) is 28.8 Å². The van der Waals surface area contributed by atoms with Crippen molar-refractivity contribution in [1.29, 1.82) is 0 Å². The second-order valence-electron chi connectivity index (χ2n) is 7.66. The van der Waals surface area contributed by atoms with E-state index in [1.807, 2.05) is 36.1 Å². The van der Waals surface area contributed by atoms with E-state index in [0.717, 1.165) is 43.8 Å². The summed E-state index contributed by atoms with van der Waals surface area (Å²) in [6.45, 7) is 12.7. The van der Waals surface area contributed by atoms with Crippen LogP contribution in [-0.2, 0) is 6.54 Å². The molecule has 1 amide bonds. The van der Waals surface area contributed by atoms with E-state index in [2.05, 4.69) is 25.7 Å². The van der Waals surface area contributed by atoms with Gasteiger partial charge in [0.1, 0.15) is 5.75 Å². The van der Waals surface area contributed by atoms with Crippen LogP contribution in [0.25, 0.3) is 0 Å². The van der Waals surface area contributed by atoms with Gasteiger partial charge in [-0.3, -0.25) is 4.79 Å². The molecule has 0 heterocycles. The van der Waals surface area contributed by atoms with Gasteiger partial charge < -0.3 is 14.5 Å². The Morgan fingerprint density at radius 1 is 1.00 bits per heavy atom. The summed E-state index contributed by atoms with van der Waals surface area (Å²) in [5.41, 5.74) is 1.61. The summed E-state index contributed by atoms with van der Waals surface area (Å²) in [6, 6.07) is 13.1. The van der Waals surface area contributed by atoms with Gasteiger partial charge in [-0.05, 0) is 82.2 Å². The van der Waals surface area contributed by atoms with Gasteiger partial charge in [0.25, 0.3) is 5.91 Å². The lowest BCUT2D eigenvalue weighted by Gasteiger charge is -2.30. The maximum absolute atomic E-state index is 13.4. The summed E-state index contributed by atoms with van der Waals surface area (Å²) >= 11 is 12.2. The predicted molar refractivity (Wildman–Crippen MR) is 130 cm³/mol. The van der Waals surface area contributed by atoms with E-state index in [9.17, 15) is 4.79 Å². The lowest BCUT2D eigenvalue weighted by atomic mass is 10.1. The molecule has 2 aromatic carbocycles. The number of hydrogen-bond acceptors (Lipinski definition) is 3. The number of hydrogen-bond donors (Lipinski definition) is 0. The van der Waals surface area contributed by atoms with Crippen molar-refractivity contribution in [3.05, 3.63) is 63.6 Å². The van der Waals surface area contributed by atoms with Gasteiger partial charge in [0.05, 0.1) is 16.7 Å². The fourth-order valence-electron chi connectivity index (χ4n) is 3.58. The van der Waals surface area contributed by atoms with Crippen LogP contribution < -0.4 is 4.74 Å². The fraction of sp³-hybridized carbons (Fsp3) is 0.480. The molecule has 2 rings (SSSR count). The van der Waals surface area contributed by atoms with Crippen LogP contribution in [0.2, 0.25) is 10.0 Å². The minimum absolute atomic E-state index is 0.0391. The van der Waals surface area contributed by atoms with Crippen molar-refractivity contribution in [2.75, 3.05) is 26.2 Å². The Morgan fingerprint density at radius 3 is 2.26 bits per heavy atom. The molecule has 0 aliphatic rings. The van der Waals surface area contributed by atoms with Gasteiger partial charge in [0.2, 0.25) is 0 Å². The Hall–Kier alpha value is -1.75. The number of carbonyl (C=O) groups is 1. The van der Waals surface area contributed by atoms with E-state index in [1.165, 1.54) is 0 Å². The molecule has 0 saturated heterocycles. The number of ether oxygens (including phenoxy) is 1. The number of rotatable bonds is 12. The first-order chi connectivity index (χ1) is 14.9. The molecule has 0 radical (unpaired) electrons. The van der Waals surface area contributed by atoms with Gasteiger partial charge in [0.15, 0.2) is 0 Å². The predicted octanol–water partition coefficient (Wildman–Crippen LogP) is 6.55. The maximum atomic E-state index is 13.4. The molecule has 0 saturated carbocycles. The molecule has 0 fully saturated rings. The minimum atomic E-state index is -0.0391. The SMILES string of the molecule is CCOc1ccc(CN(C(=O)c2ccc(Cl)c(Cl)c2)[C@H](C)CCCN(CC)CC)cc1. The lowest BCUT2D eigenvalue weighted by molar-refractivity contribution is 0.0662. The largest absolute Gasteiger partial charge is 0.494 e. The van der Waals surface area contributed by atoms with Crippen LogP contribution in [0.4, 0.5) is 0 Å². The average molecular weight is 465 g/mol. The topological polar surface area (TPSA) is 32.8 Å². The second kappa shape index (κ2) is 12.9. The van der Waals surface area contributed by atoms with Gasteiger partial charge >= 0.3 is 0 Å². The number of benzene rings is 2. The minimum Gasteiger partial charge on any atom is -0.494 e. The third kappa shape index (κ3) is 7.71. The summed E-state index contributed by atoms with van der Waals surface area (Å²) in [5.74, 6) is 0.795. The molecule has 0 bridgehead atoms. The molecule has 0 aliphatic heterocycles. The van der Waals surface area contributed by atoms with Crippen molar-refractivity contribution in [2.45, 2.75) is 53.1 Å². The van der Waals surface area contributed by atoms with Crippen LogP contribution in [-0.4, -0.2) is 48.0 Å². The summed E-state index contributed by atoms with van der Waals surface area (Å²) in [7, 11) is 0. The first-order valence-corrected chi connectivity index (χ1v) is 11.8. The van der Waals surface area contributed by atoms with Crippen molar-refractivity contribution in [2.24, 2.45) is 0 Å². The van der Waals surface area contributed by atoms with Gasteiger partial charge in [-0.1, -0.05) is 49.2 Å². The zero-order chi connectivity index (χ0) is 22.8. The summed E-state index contributed by atoms with van der Waals surface area (Å²) in [5, 5.41) is 0.839. The van der Waals surface area contributed by atoms with Crippen LogP contribution in [0.3, 0.4) is 0 Å². The Balaban J connectivity index is 2.18. The Bertz CT molecular complexity index is 823. The smallest absolute Gasteiger partial charge is 0.254 e. The summed E-state index contributed by atoms with van der Waals surface area (Å²) in [4.78, 5) is 17.8. The lowest BCUT2D eigenvalue weighted by Crippen LogP contribution is -2.38. The van der Waals surface area contributed by atoms with Crippen molar-refractivity contribution < 1.29 is 9.53 Å². The molecule has 0 N–H and O–H groups in total. The van der Waals surface area contributed by atoms with E-state index >= 15 is 0 Å². The molecule has 0 unspecified atom stereocenters. The molecule has 0 aliphatic carbocycles. The summed E-state index contributed by atoms with van der Waals surface area (Å²) < 4.78 is 5.54. The highest BCUT2D eigenvalue weighted by Crippen LogP contribution is 2.25. The molecular formula is C25H34Cl2N2O2. The van der Waals surface area contributed by atoms with Gasteiger partial charge in [-0.2, -0.15) is 0 Å². The molecule has 2 aromatic rings. The van der Waals surface area contributed by atoms with Crippen LogP contribution in [0, 0.1) is 0 Å². The van der Waals surface area contributed by atoms with Crippen molar-refractivity contribution in [3.63, 3.8) is 0 Å². The number of nitrogens with zero attached hydrogens (tertiary/aromatic N) is 2. The van der Waals surface area contributed by atoms with Crippen LogP contribution in [0.15, 0.2) is 42.5 Å². The van der Waals surface area contributed by atoms with Crippen molar-refractivity contribution in [1.82, 2.24) is 9.80 Å². The quantitative estimate of drug-likeness (QED) is 0.357. The molecule has 4 nitrogen and oxygen atoms in total. The molecule has 31 heavy (non-hydrogen) atoms. The highest BCUT2D eigenvalue weighted by Gasteiger charge is 2.22. The maximum Gasteiger partial charge on any atom is 0.254 e. The van der Waals surface area contributed by atoms with Gasteiger partial charge in [-0.15, -0.1) is 0 Å². The van der Waals surface area contributed by atoms with Gasteiger partial charge in [-0.25, -0.2) is 0 Å².